The molecule has 1 unspecified atom stereocenters. The Morgan fingerprint density at radius 3 is 2.60 bits per heavy atom. The summed E-state index contributed by atoms with van der Waals surface area (Å²) in [6.45, 7) is 7.74. The number of hydrogen-bond acceptors (Lipinski definition) is 8. The van der Waals surface area contributed by atoms with Gasteiger partial charge >= 0.3 is 6.09 Å². The molecule has 1 aliphatic carbocycles. The minimum atomic E-state index is -0.574. The first-order valence-electron chi connectivity index (χ1n) is 14.7. The highest BCUT2D eigenvalue weighted by Crippen LogP contribution is 2.52. The summed E-state index contributed by atoms with van der Waals surface area (Å²) >= 11 is 3.65. The number of nitrogens with zero attached hydrogens (tertiary/aromatic N) is 5. The van der Waals surface area contributed by atoms with Crippen LogP contribution in [-0.2, 0) is 15.9 Å². The molecule has 0 radical (unpaired) electrons. The van der Waals surface area contributed by atoms with Gasteiger partial charge in [-0.15, -0.1) is 0 Å². The molecule has 3 aliphatic rings. The highest BCUT2D eigenvalue weighted by molar-refractivity contribution is 9.10. The number of alkyl carbamates (subject to hydrolysis) is 1. The van der Waals surface area contributed by atoms with Gasteiger partial charge in [0.05, 0.1) is 6.04 Å². The van der Waals surface area contributed by atoms with Crippen molar-refractivity contribution in [3.05, 3.63) is 45.7 Å². The van der Waals surface area contributed by atoms with Gasteiger partial charge in [-0.1, -0.05) is 24.3 Å². The predicted molar refractivity (Wildman–Crippen MR) is 161 cm³/mol. The summed E-state index contributed by atoms with van der Waals surface area (Å²) in [6, 6.07) is 8.24. The van der Waals surface area contributed by atoms with Crippen molar-refractivity contribution < 1.29 is 19.1 Å². The molecule has 2 saturated heterocycles. The van der Waals surface area contributed by atoms with Crippen molar-refractivity contribution in [2.45, 2.75) is 77.2 Å². The van der Waals surface area contributed by atoms with Gasteiger partial charge in [0, 0.05) is 32.2 Å². The van der Waals surface area contributed by atoms with E-state index in [2.05, 4.69) is 54.8 Å². The Morgan fingerprint density at radius 2 is 1.90 bits per heavy atom. The molecule has 12 heteroatoms. The molecule has 2 aromatic heterocycles. The predicted octanol–water partition coefficient (Wildman–Crippen LogP) is 5.06. The Hall–Kier alpha value is -3.25. The quantitative estimate of drug-likeness (QED) is 0.406. The summed E-state index contributed by atoms with van der Waals surface area (Å²) in [5.74, 6) is 0.401. The standard InChI is InChI=1S/C30H38BrN7O4/c1-29(2,3)42-28(40)34-23-19-10-6-5-9-18(19)17-30(23)12-14-37(15-13-30)26-24(31)33-21-22(27(39)32-4)36-38(25(21)35-26)20-11-7-8-16-41-20/h5-6,9-10,20,23H,7-8,11-17H2,1-4H3,(H,32,39)(H,34,40)/t20?,23-/m1/s1. The molecule has 2 amide bonds. The maximum Gasteiger partial charge on any atom is 0.408 e. The lowest BCUT2D eigenvalue weighted by Crippen LogP contribution is -2.48. The molecule has 1 aromatic carbocycles. The van der Waals surface area contributed by atoms with Gasteiger partial charge in [0.25, 0.3) is 5.91 Å². The number of hydrogen-bond donors (Lipinski definition) is 2. The van der Waals surface area contributed by atoms with Crippen molar-refractivity contribution in [1.82, 2.24) is 30.4 Å². The van der Waals surface area contributed by atoms with Crippen LogP contribution in [0.2, 0.25) is 0 Å². The van der Waals surface area contributed by atoms with Gasteiger partial charge in [0.1, 0.15) is 15.7 Å². The number of piperidine rings is 1. The Kier molecular flexibility index (Phi) is 7.63. The zero-order valence-electron chi connectivity index (χ0n) is 24.6. The van der Waals surface area contributed by atoms with E-state index < -0.39 is 11.7 Å². The van der Waals surface area contributed by atoms with Crippen LogP contribution in [0.15, 0.2) is 28.9 Å². The molecular weight excluding hydrogens is 602 g/mol. The van der Waals surface area contributed by atoms with Gasteiger partial charge in [-0.25, -0.2) is 19.4 Å². The fourth-order valence-corrected chi connectivity index (χ4v) is 7.10. The third-order valence-electron chi connectivity index (χ3n) is 8.58. The van der Waals surface area contributed by atoms with Crippen molar-refractivity contribution in [3.63, 3.8) is 0 Å². The minimum Gasteiger partial charge on any atom is -0.444 e. The van der Waals surface area contributed by atoms with E-state index in [1.165, 1.54) is 5.56 Å². The topological polar surface area (TPSA) is 124 Å². The van der Waals surface area contributed by atoms with Crippen LogP contribution in [-0.4, -0.2) is 64.1 Å². The molecule has 0 bridgehead atoms. The first-order chi connectivity index (χ1) is 20.1. The smallest absolute Gasteiger partial charge is 0.408 e. The number of benzene rings is 1. The molecule has 2 N–H and O–H groups in total. The van der Waals surface area contributed by atoms with Crippen LogP contribution in [0.25, 0.3) is 11.2 Å². The number of aromatic nitrogens is 4. The van der Waals surface area contributed by atoms with Gasteiger partial charge in [-0.2, -0.15) is 5.10 Å². The van der Waals surface area contributed by atoms with Crippen LogP contribution >= 0.6 is 15.9 Å². The Bertz CT molecular complexity index is 1500. The van der Waals surface area contributed by atoms with Crippen LogP contribution < -0.4 is 15.5 Å². The Balaban J connectivity index is 1.29. The first-order valence-corrected chi connectivity index (χ1v) is 15.5. The second-order valence-corrected chi connectivity index (χ2v) is 13.3. The molecule has 42 heavy (non-hydrogen) atoms. The van der Waals surface area contributed by atoms with Crippen molar-refractivity contribution in [1.29, 1.82) is 0 Å². The van der Waals surface area contributed by atoms with Crippen molar-refractivity contribution in [2.75, 3.05) is 31.6 Å². The van der Waals surface area contributed by atoms with Crippen molar-refractivity contribution in [2.24, 2.45) is 5.41 Å². The summed E-state index contributed by atoms with van der Waals surface area (Å²) in [6.07, 6.45) is 4.74. The van der Waals surface area contributed by atoms with Crippen LogP contribution in [0, 0.1) is 5.41 Å². The fourth-order valence-electron chi connectivity index (χ4n) is 6.58. The molecule has 11 nitrogen and oxygen atoms in total. The Morgan fingerprint density at radius 1 is 1.14 bits per heavy atom. The van der Waals surface area contributed by atoms with E-state index in [-0.39, 0.29) is 29.3 Å². The summed E-state index contributed by atoms with van der Waals surface area (Å²) in [5.41, 5.74) is 2.95. The number of carbonyl (C=O) groups is 2. The van der Waals surface area contributed by atoms with E-state index in [1.807, 2.05) is 26.8 Å². The van der Waals surface area contributed by atoms with Crippen LogP contribution in [0.4, 0.5) is 10.6 Å². The summed E-state index contributed by atoms with van der Waals surface area (Å²) in [4.78, 5) is 37.7. The highest BCUT2D eigenvalue weighted by Gasteiger charge is 2.49. The summed E-state index contributed by atoms with van der Waals surface area (Å²) in [5, 5.41) is 10.5. The third-order valence-corrected chi connectivity index (χ3v) is 9.11. The molecule has 3 aromatic rings. The summed E-state index contributed by atoms with van der Waals surface area (Å²) < 4.78 is 14.0. The van der Waals surface area contributed by atoms with Gasteiger partial charge in [-0.05, 0) is 86.4 Å². The van der Waals surface area contributed by atoms with Gasteiger partial charge in [0.2, 0.25) is 0 Å². The van der Waals surface area contributed by atoms with Gasteiger partial charge in [-0.3, -0.25) is 4.79 Å². The molecular formula is C30H38BrN7O4. The lowest BCUT2D eigenvalue weighted by Gasteiger charge is -2.44. The first kappa shape index (κ1) is 28.9. The van der Waals surface area contributed by atoms with E-state index in [0.29, 0.717) is 28.2 Å². The molecule has 4 heterocycles. The Labute approximate surface area is 253 Å². The normalized spacial score (nSPS) is 21.8. The molecule has 2 fully saturated rings. The highest BCUT2D eigenvalue weighted by atomic mass is 79.9. The number of rotatable bonds is 4. The lowest BCUT2D eigenvalue weighted by atomic mass is 9.72. The molecule has 1 spiro atoms. The number of anilines is 1. The number of ether oxygens (including phenoxy) is 2. The lowest BCUT2D eigenvalue weighted by molar-refractivity contribution is -0.0371. The average Bonchev–Trinajstić information content (AvgIpc) is 3.47. The van der Waals surface area contributed by atoms with E-state index in [1.54, 1.807) is 11.7 Å². The van der Waals surface area contributed by atoms with Crippen LogP contribution in [0.3, 0.4) is 0 Å². The van der Waals surface area contributed by atoms with Crippen molar-refractivity contribution >= 4 is 44.9 Å². The SMILES string of the molecule is CNC(=O)c1nn(C2CCCCO2)c2nc(N3CCC4(CC3)Cc3ccccc3[C@H]4NC(=O)OC(C)(C)C)c(Br)nc12. The zero-order valence-corrected chi connectivity index (χ0v) is 26.2. The maximum atomic E-state index is 12.9. The number of nitrogens with one attached hydrogen (secondary N) is 2. The number of amides is 2. The molecule has 0 saturated carbocycles. The second kappa shape index (κ2) is 11.1. The molecule has 6 rings (SSSR count). The maximum absolute atomic E-state index is 12.9. The molecule has 224 valence electrons. The molecule has 2 aliphatic heterocycles. The van der Waals surface area contributed by atoms with E-state index in [0.717, 1.165) is 57.2 Å². The summed E-state index contributed by atoms with van der Waals surface area (Å²) in [7, 11) is 1.58. The monoisotopic (exact) mass is 639 g/mol. The third kappa shape index (κ3) is 5.34. The van der Waals surface area contributed by atoms with Crippen LogP contribution in [0.5, 0.6) is 0 Å². The number of halogens is 1. The fraction of sp³-hybridized carbons (Fsp3) is 0.567. The van der Waals surface area contributed by atoms with E-state index in [9.17, 15) is 9.59 Å². The molecule has 2 atom stereocenters. The van der Waals surface area contributed by atoms with Crippen molar-refractivity contribution in [3.8, 4) is 0 Å². The van der Waals surface area contributed by atoms with E-state index in [4.69, 9.17) is 19.4 Å². The van der Waals surface area contributed by atoms with Gasteiger partial charge in [0.15, 0.2) is 23.4 Å². The second-order valence-electron chi connectivity index (χ2n) is 12.5. The largest absolute Gasteiger partial charge is 0.444 e. The number of carbonyl (C=O) groups excluding carboxylic acids is 2. The minimum absolute atomic E-state index is 0.134. The van der Waals surface area contributed by atoms with Gasteiger partial charge < -0.3 is 25.0 Å². The average molecular weight is 641 g/mol. The number of fused-ring (bicyclic) bond motifs is 2. The zero-order chi connectivity index (χ0) is 29.6. The van der Waals surface area contributed by atoms with E-state index >= 15 is 0 Å². The van der Waals surface area contributed by atoms with Crippen LogP contribution in [0.1, 0.15) is 86.8 Å².